The first-order valence-corrected chi connectivity index (χ1v) is 9.29. The lowest BCUT2D eigenvalue weighted by molar-refractivity contribution is -0.527. The van der Waals surface area contributed by atoms with Gasteiger partial charge in [0, 0.05) is 21.5 Å². The van der Waals surface area contributed by atoms with Gasteiger partial charge < -0.3 is 10.1 Å². The average molecular weight is 421 g/mol. The van der Waals surface area contributed by atoms with Crippen molar-refractivity contribution < 1.29 is 9.66 Å². The van der Waals surface area contributed by atoms with Crippen molar-refractivity contribution in [1.29, 1.82) is 0 Å². The second-order valence-electron chi connectivity index (χ2n) is 7.36. The molecule has 0 unspecified atom stereocenters. The van der Waals surface area contributed by atoms with Gasteiger partial charge in [0.2, 0.25) is 6.04 Å². The van der Waals surface area contributed by atoms with E-state index in [9.17, 15) is 10.1 Å². The van der Waals surface area contributed by atoms with E-state index in [-0.39, 0.29) is 16.4 Å². The summed E-state index contributed by atoms with van der Waals surface area (Å²) in [5, 5.41) is 15.3. The van der Waals surface area contributed by atoms with Crippen molar-refractivity contribution in [3.63, 3.8) is 0 Å². The first kappa shape index (κ1) is 20.2. The molecule has 0 radical (unpaired) electrons. The molecule has 2 aromatic carbocycles. The van der Waals surface area contributed by atoms with Crippen LogP contribution >= 0.6 is 15.9 Å². The summed E-state index contributed by atoms with van der Waals surface area (Å²) >= 11 is 3.50. The molecule has 0 aliphatic rings. The van der Waals surface area contributed by atoms with E-state index in [1.54, 1.807) is 7.11 Å². The van der Waals surface area contributed by atoms with Crippen molar-refractivity contribution >= 4 is 21.6 Å². The minimum absolute atomic E-state index is 0.175. The number of nitro groups is 1. The molecular formula is C20H25BrN2O3. The molecule has 2 rings (SSSR count). The Balaban J connectivity index is 2.31. The van der Waals surface area contributed by atoms with Gasteiger partial charge in [-0.05, 0) is 41.3 Å². The fourth-order valence-electron chi connectivity index (χ4n) is 2.96. The van der Waals surface area contributed by atoms with E-state index >= 15 is 0 Å². The van der Waals surface area contributed by atoms with E-state index in [0.717, 1.165) is 21.5 Å². The summed E-state index contributed by atoms with van der Waals surface area (Å²) in [4.78, 5) is 11.7. The van der Waals surface area contributed by atoms with Crippen molar-refractivity contribution in [2.75, 3.05) is 12.4 Å². The highest BCUT2D eigenvalue weighted by Gasteiger charge is 2.40. The Morgan fingerprint density at radius 3 is 2.27 bits per heavy atom. The molecule has 1 N–H and O–H groups in total. The number of anilines is 1. The normalized spacial score (nSPS) is 13.7. The highest BCUT2D eigenvalue weighted by molar-refractivity contribution is 9.10. The van der Waals surface area contributed by atoms with Crippen LogP contribution in [0.25, 0.3) is 0 Å². The number of nitrogens with zero attached hydrogens (tertiary/aromatic N) is 1. The average Bonchev–Trinajstić information content (AvgIpc) is 2.59. The number of rotatable bonds is 7. The molecule has 0 spiro atoms. The van der Waals surface area contributed by atoms with Crippen LogP contribution in [0.4, 0.5) is 5.69 Å². The minimum Gasteiger partial charge on any atom is -0.497 e. The van der Waals surface area contributed by atoms with Gasteiger partial charge in [-0.15, -0.1) is 0 Å². The SMILES string of the molecule is COc1ccc(N[C@@H]([C@H](Cc2ccccc2Br)[N+](=O)[O-])C(C)(C)C)cc1. The number of nitrogens with one attached hydrogen (secondary N) is 1. The molecule has 0 aliphatic heterocycles. The van der Waals surface area contributed by atoms with Gasteiger partial charge in [-0.25, -0.2) is 0 Å². The van der Waals surface area contributed by atoms with Crippen LogP contribution in [-0.4, -0.2) is 24.1 Å². The number of methoxy groups -OCH3 is 1. The highest BCUT2D eigenvalue weighted by Crippen LogP contribution is 2.30. The summed E-state index contributed by atoms with van der Waals surface area (Å²) in [5.41, 5.74) is 1.46. The van der Waals surface area contributed by atoms with E-state index in [4.69, 9.17) is 4.74 Å². The van der Waals surface area contributed by atoms with Crippen molar-refractivity contribution in [3.8, 4) is 5.75 Å². The van der Waals surface area contributed by atoms with Gasteiger partial charge in [0.1, 0.15) is 5.75 Å². The lowest BCUT2D eigenvalue weighted by Crippen LogP contribution is -2.49. The molecule has 2 aromatic rings. The molecule has 6 heteroatoms. The van der Waals surface area contributed by atoms with E-state index in [0.29, 0.717) is 6.42 Å². The third kappa shape index (κ3) is 5.21. The van der Waals surface area contributed by atoms with Crippen molar-refractivity contribution in [3.05, 3.63) is 68.7 Å². The summed E-state index contributed by atoms with van der Waals surface area (Å²) < 4.78 is 6.07. The first-order chi connectivity index (χ1) is 12.2. The van der Waals surface area contributed by atoms with Gasteiger partial charge in [-0.3, -0.25) is 10.1 Å². The zero-order valence-corrected chi connectivity index (χ0v) is 17.1. The fourth-order valence-corrected chi connectivity index (χ4v) is 3.41. The Labute approximate surface area is 163 Å². The molecule has 0 fully saturated rings. The number of halogens is 1. The van der Waals surface area contributed by atoms with Gasteiger partial charge in [0.15, 0.2) is 0 Å². The largest absolute Gasteiger partial charge is 0.497 e. The quantitative estimate of drug-likeness (QED) is 0.495. The maximum Gasteiger partial charge on any atom is 0.237 e. The molecule has 2 atom stereocenters. The van der Waals surface area contributed by atoms with E-state index in [2.05, 4.69) is 21.2 Å². The molecule has 0 saturated carbocycles. The molecule has 0 heterocycles. The van der Waals surface area contributed by atoms with Crippen LogP contribution < -0.4 is 10.1 Å². The summed E-state index contributed by atoms with van der Waals surface area (Å²) in [6, 6.07) is 14.0. The number of hydrogen-bond acceptors (Lipinski definition) is 4. The molecular weight excluding hydrogens is 396 g/mol. The van der Waals surface area contributed by atoms with Crippen LogP contribution in [0, 0.1) is 15.5 Å². The zero-order valence-electron chi connectivity index (χ0n) is 15.5. The second-order valence-corrected chi connectivity index (χ2v) is 8.22. The maximum atomic E-state index is 11.9. The Morgan fingerprint density at radius 1 is 1.15 bits per heavy atom. The van der Waals surface area contributed by atoms with Crippen LogP contribution in [0.3, 0.4) is 0 Å². The smallest absolute Gasteiger partial charge is 0.237 e. The van der Waals surface area contributed by atoms with E-state index < -0.39 is 6.04 Å². The summed E-state index contributed by atoms with van der Waals surface area (Å²) in [5.74, 6) is 0.752. The third-order valence-corrected chi connectivity index (χ3v) is 5.16. The predicted octanol–water partition coefficient (Wildman–Crippen LogP) is 5.17. The molecule has 0 aromatic heterocycles. The Bertz CT molecular complexity index is 741. The van der Waals surface area contributed by atoms with Crippen molar-refractivity contribution in [2.24, 2.45) is 5.41 Å². The minimum atomic E-state index is -0.768. The molecule has 0 saturated heterocycles. The van der Waals surface area contributed by atoms with Gasteiger partial charge in [0.05, 0.1) is 13.2 Å². The summed E-state index contributed by atoms with van der Waals surface area (Å²) in [6.45, 7) is 6.06. The van der Waals surface area contributed by atoms with Gasteiger partial charge in [-0.2, -0.15) is 0 Å². The van der Waals surface area contributed by atoms with Gasteiger partial charge in [0.25, 0.3) is 0 Å². The van der Waals surface area contributed by atoms with Crippen LogP contribution in [0.1, 0.15) is 26.3 Å². The predicted molar refractivity (Wildman–Crippen MR) is 108 cm³/mol. The molecule has 0 amide bonds. The van der Waals surface area contributed by atoms with Crippen LogP contribution in [0.5, 0.6) is 5.75 Å². The van der Waals surface area contributed by atoms with Crippen LogP contribution in [-0.2, 0) is 6.42 Å². The molecule has 0 bridgehead atoms. The van der Waals surface area contributed by atoms with Gasteiger partial charge >= 0.3 is 0 Å². The lowest BCUT2D eigenvalue weighted by atomic mass is 9.80. The van der Waals surface area contributed by atoms with Gasteiger partial charge in [-0.1, -0.05) is 54.9 Å². The summed E-state index contributed by atoms with van der Waals surface area (Å²) in [6.07, 6.45) is 0.347. The number of benzene rings is 2. The highest BCUT2D eigenvalue weighted by atomic mass is 79.9. The summed E-state index contributed by atoms with van der Waals surface area (Å²) in [7, 11) is 1.61. The standard InChI is InChI=1S/C20H25BrN2O3/c1-20(2,3)19(22-15-9-11-16(26-4)12-10-15)18(23(24)25)13-14-7-5-6-8-17(14)21/h5-12,18-19,22H,13H2,1-4H3/t18-,19-/m0/s1. The van der Waals surface area contributed by atoms with E-state index in [1.165, 1.54) is 0 Å². The first-order valence-electron chi connectivity index (χ1n) is 8.50. The van der Waals surface area contributed by atoms with Crippen LogP contribution in [0.15, 0.2) is 53.0 Å². The van der Waals surface area contributed by atoms with Crippen molar-refractivity contribution in [2.45, 2.75) is 39.3 Å². The maximum absolute atomic E-state index is 11.9. The van der Waals surface area contributed by atoms with Crippen molar-refractivity contribution in [1.82, 2.24) is 0 Å². The Morgan fingerprint density at radius 2 is 1.77 bits per heavy atom. The van der Waals surface area contributed by atoms with E-state index in [1.807, 2.05) is 69.3 Å². The second kappa shape index (κ2) is 8.54. The lowest BCUT2D eigenvalue weighted by Gasteiger charge is -2.34. The number of ether oxygens (including phenoxy) is 1. The monoisotopic (exact) mass is 420 g/mol. The molecule has 0 aliphatic carbocycles. The molecule has 5 nitrogen and oxygen atoms in total. The third-order valence-electron chi connectivity index (χ3n) is 4.39. The zero-order chi connectivity index (χ0) is 19.3. The topological polar surface area (TPSA) is 64.4 Å². The van der Waals surface area contributed by atoms with Crippen LogP contribution in [0.2, 0.25) is 0 Å². The Hall–Kier alpha value is -2.08. The molecule has 26 heavy (non-hydrogen) atoms. The fraction of sp³-hybridized carbons (Fsp3) is 0.400. The molecule has 140 valence electrons. The Kier molecular flexibility index (Phi) is 6.64. The number of hydrogen-bond donors (Lipinski definition) is 1.